The molecule has 152 valence electrons. The number of alkyl halides is 3. The Labute approximate surface area is 153 Å². The first-order valence-electron chi connectivity index (χ1n) is 7.64. The summed E-state index contributed by atoms with van der Waals surface area (Å²) in [4.78, 5) is 32.1. The number of hydrogen-bond donors (Lipinski definition) is 3. The molecule has 0 aromatic heterocycles. The molecule has 1 amide bonds. The van der Waals surface area contributed by atoms with Gasteiger partial charge in [0.2, 0.25) is 5.91 Å². The summed E-state index contributed by atoms with van der Waals surface area (Å²) >= 11 is 0. The van der Waals surface area contributed by atoms with E-state index in [4.69, 9.17) is 25.1 Å². The lowest BCUT2D eigenvalue weighted by Crippen LogP contribution is -2.45. The Morgan fingerprint density at radius 2 is 1.89 bits per heavy atom. The lowest BCUT2D eigenvalue weighted by atomic mass is 10.1. The highest BCUT2D eigenvalue weighted by atomic mass is 19.4. The molecule has 0 spiro atoms. The summed E-state index contributed by atoms with van der Waals surface area (Å²) in [5.74, 6) is -2.94. The molecule has 11 heteroatoms. The molecule has 4 N–H and O–H groups in total. The summed E-state index contributed by atoms with van der Waals surface area (Å²) in [5, 5.41) is 9.68. The molecule has 0 aliphatic heterocycles. The van der Waals surface area contributed by atoms with Gasteiger partial charge in [-0.3, -0.25) is 4.79 Å². The number of amides is 1. The quantitative estimate of drug-likeness (QED) is 0.586. The van der Waals surface area contributed by atoms with Crippen molar-refractivity contribution in [3.05, 3.63) is 29.8 Å². The van der Waals surface area contributed by atoms with Crippen LogP contribution < -0.4 is 15.8 Å². The number of rotatable bonds is 7. The summed E-state index contributed by atoms with van der Waals surface area (Å²) in [6.07, 6.45) is -4.76. The number of nitrogens with one attached hydrogen (secondary N) is 1. The number of carbonyl (C=O) groups is 3. The minimum Gasteiger partial charge on any atom is -0.497 e. The molecule has 0 aliphatic carbocycles. The van der Waals surface area contributed by atoms with Crippen molar-refractivity contribution in [1.29, 1.82) is 0 Å². The van der Waals surface area contributed by atoms with Crippen molar-refractivity contribution in [2.24, 2.45) is 5.73 Å². The maximum absolute atomic E-state index is 11.8. The van der Waals surface area contributed by atoms with Crippen LogP contribution in [-0.2, 0) is 25.5 Å². The first-order chi connectivity index (χ1) is 12.5. The predicted molar refractivity (Wildman–Crippen MR) is 88.0 cm³/mol. The summed E-state index contributed by atoms with van der Waals surface area (Å²) in [6, 6.07) is 6.53. The van der Waals surface area contributed by atoms with Crippen LogP contribution in [0.25, 0.3) is 0 Å². The summed E-state index contributed by atoms with van der Waals surface area (Å²) in [5.41, 5.74) is 6.11. The van der Waals surface area contributed by atoms with Gasteiger partial charge in [-0.05, 0) is 24.6 Å². The van der Waals surface area contributed by atoms with E-state index in [2.05, 4.69) is 5.32 Å². The number of carboxylic acids is 1. The van der Waals surface area contributed by atoms with E-state index < -0.39 is 30.1 Å². The molecule has 27 heavy (non-hydrogen) atoms. The second kappa shape index (κ2) is 11.7. The van der Waals surface area contributed by atoms with Crippen LogP contribution in [0.15, 0.2) is 24.3 Å². The highest BCUT2D eigenvalue weighted by Gasteiger charge is 2.38. The molecule has 0 radical (unpaired) electrons. The number of hydrogen-bond acceptors (Lipinski definition) is 6. The van der Waals surface area contributed by atoms with Gasteiger partial charge in [-0.1, -0.05) is 12.1 Å². The second-order valence-corrected chi connectivity index (χ2v) is 4.93. The van der Waals surface area contributed by atoms with Gasteiger partial charge in [0.25, 0.3) is 0 Å². The number of benzene rings is 1. The van der Waals surface area contributed by atoms with Crippen LogP contribution in [0, 0.1) is 0 Å². The first kappa shape index (κ1) is 24.2. The highest BCUT2D eigenvalue weighted by molar-refractivity contribution is 5.85. The Morgan fingerprint density at radius 3 is 2.33 bits per heavy atom. The number of aliphatic carboxylic acids is 1. The van der Waals surface area contributed by atoms with Gasteiger partial charge in [0, 0.05) is 6.42 Å². The Kier molecular flexibility index (Phi) is 10.5. The van der Waals surface area contributed by atoms with E-state index in [-0.39, 0.29) is 13.2 Å². The molecule has 1 atom stereocenters. The molecule has 0 aliphatic rings. The van der Waals surface area contributed by atoms with Crippen molar-refractivity contribution in [1.82, 2.24) is 5.32 Å². The van der Waals surface area contributed by atoms with Gasteiger partial charge in [-0.15, -0.1) is 0 Å². The monoisotopic (exact) mass is 394 g/mol. The number of halogens is 3. The molecule has 0 heterocycles. The summed E-state index contributed by atoms with van der Waals surface area (Å²) in [6.45, 7) is 1.80. The van der Waals surface area contributed by atoms with E-state index in [1.807, 2.05) is 12.1 Å². The van der Waals surface area contributed by atoms with Crippen molar-refractivity contribution in [2.75, 3.05) is 20.3 Å². The number of esters is 1. The van der Waals surface area contributed by atoms with Gasteiger partial charge in [-0.2, -0.15) is 13.2 Å². The highest BCUT2D eigenvalue weighted by Crippen LogP contribution is 2.14. The zero-order valence-corrected chi connectivity index (χ0v) is 14.7. The van der Waals surface area contributed by atoms with Gasteiger partial charge in [0.1, 0.15) is 11.8 Å². The van der Waals surface area contributed by atoms with Crippen LogP contribution >= 0.6 is 0 Å². The van der Waals surface area contributed by atoms with E-state index in [0.717, 1.165) is 5.56 Å². The second-order valence-electron chi connectivity index (χ2n) is 4.93. The van der Waals surface area contributed by atoms with Crippen LogP contribution in [-0.4, -0.2) is 55.4 Å². The van der Waals surface area contributed by atoms with E-state index in [1.165, 1.54) is 0 Å². The Balaban J connectivity index is 0.000000821. The molecule has 0 saturated carbocycles. The van der Waals surface area contributed by atoms with Crippen molar-refractivity contribution >= 4 is 17.8 Å². The number of carboxylic acid groups (broad SMARTS) is 1. The molecule has 1 aromatic rings. The van der Waals surface area contributed by atoms with Crippen LogP contribution in [0.2, 0.25) is 0 Å². The minimum atomic E-state index is -5.08. The maximum Gasteiger partial charge on any atom is 0.490 e. The molecular weight excluding hydrogens is 373 g/mol. The number of carbonyl (C=O) groups excluding carboxylic acids is 2. The van der Waals surface area contributed by atoms with Gasteiger partial charge in [0.05, 0.1) is 20.3 Å². The molecule has 0 fully saturated rings. The summed E-state index contributed by atoms with van der Waals surface area (Å²) in [7, 11) is 1.57. The van der Waals surface area contributed by atoms with Crippen LogP contribution in [0.3, 0.4) is 0 Å². The molecule has 8 nitrogen and oxygen atoms in total. The maximum atomic E-state index is 11.8. The van der Waals surface area contributed by atoms with Crippen LogP contribution in [0.4, 0.5) is 13.2 Å². The van der Waals surface area contributed by atoms with Gasteiger partial charge < -0.3 is 25.6 Å². The van der Waals surface area contributed by atoms with Crippen LogP contribution in [0.1, 0.15) is 12.5 Å². The van der Waals surface area contributed by atoms with E-state index in [9.17, 15) is 22.8 Å². The minimum absolute atomic E-state index is 0.173. The zero-order valence-electron chi connectivity index (χ0n) is 14.7. The largest absolute Gasteiger partial charge is 0.497 e. The standard InChI is InChI=1S/C14H20N2O4.C2HF3O2/c1-3-20-14(18)12(16-13(17)9-15)8-10-5-4-6-11(7-10)19-2;3-2(4,5)1(6)7/h4-7,12H,3,8-9,15H2,1-2H3,(H,16,17);(H,6,7)/t12-;/m0./s1. The van der Waals surface area contributed by atoms with Gasteiger partial charge >= 0.3 is 18.1 Å². The SMILES string of the molecule is CCOC(=O)[C@H](Cc1cccc(OC)c1)NC(=O)CN.O=C(O)C(F)(F)F. The normalized spacial score (nSPS) is 11.5. The molecule has 0 saturated heterocycles. The number of ether oxygens (including phenoxy) is 2. The fourth-order valence-corrected chi connectivity index (χ4v) is 1.72. The van der Waals surface area contributed by atoms with Crippen molar-refractivity contribution < 1.29 is 42.1 Å². The Bertz CT molecular complexity index is 637. The van der Waals surface area contributed by atoms with Crippen molar-refractivity contribution in [3.8, 4) is 5.75 Å². The average molecular weight is 394 g/mol. The molecule has 0 unspecified atom stereocenters. The van der Waals surface area contributed by atoms with E-state index in [0.29, 0.717) is 12.2 Å². The average Bonchev–Trinajstić information content (AvgIpc) is 2.61. The number of methoxy groups -OCH3 is 1. The molecule has 1 rings (SSSR count). The van der Waals surface area contributed by atoms with Crippen molar-refractivity contribution in [3.63, 3.8) is 0 Å². The predicted octanol–water partition coefficient (Wildman–Crippen LogP) is 0.878. The Morgan fingerprint density at radius 1 is 1.30 bits per heavy atom. The molecule has 1 aromatic carbocycles. The lowest BCUT2D eigenvalue weighted by molar-refractivity contribution is -0.192. The molecule has 0 bridgehead atoms. The topological polar surface area (TPSA) is 128 Å². The third-order valence-electron chi connectivity index (χ3n) is 2.91. The smallest absolute Gasteiger partial charge is 0.490 e. The zero-order chi connectivity index (χ0) is 21.0. The third-order valence-corrected chi connectivity index (χ3v) is 2.91. The van der Waals surface area contributed by atoms with Crippen LogP contribution in [0.5, 0.6) is 5.75 Å². The van der Waals surface area contributed by atoms with Gasteiger partial charge in [-0.25, -0.2) is 9.59 Å². The van der Waals surface area contributed by atoms with Gasteiger partial charge in [0.15, 0.2) is 0 Å². The fraction of sp³-hybridized carbons (Fsp3) is 0.438. The Hall–Kier alpha value is -2.82. The van der Waals surface area contributed by atoms with Crippen molar-refractivity contribution in [2.45, 2.75) is 25.6 Å². The van der Waals surface area contributed by atoms with E-state index >= 15 is 0 Å². The first-order valence-corrected chi connectivity index (χ1v) is 7.64. The van der Waals surface area contributed by atoms with E-state index in [1.54, 1.807) is 26.2 Å². The summed E-state index contributed by atoms with van der Waals surface area (Å²) < 4.78 is 41.8. The molecular formula is C16H21F3N2O6. The number of nitrogens with two attached hydrogens (primary N) is 1. The fourth-order valence-electron chi connectivity index (χ4n) is 1.72. The lowest BCUT2D eigenvalue weighted by Gasteiger charge is -2.17. The third kappa shape index (κ3) is 10.0.